The summed E-state index contributed by atoms with van der Waals surface area (Å²) < 4.78 is 2.12. The molecule has 2 aromatic rings. The summed E-state index contributed by atoms with van der Waals surface area (Å²) in [5.74, 6) is 1.64. The highest BCUT2D eigenvalue weighted by molar-refractivity contribution is 5.85. The van der Waals surface area contributed by atoms with Gasteiger partial charge in [0.15, 0.2) is 0 Å². The molecule has 0 aliphatic carbocycles. The number of piperazine rings is 1. The number of aryl methyl sites for hydroxylation is 1. The van der Waals surface area contributed by atoms with Gasteiger partial charge in [0.1, 0.15) is 0 Å². The van der Waals surface area contributed by atoms with Crippen LogP contribution < -0.4 is 4.90 Å². The normalized spacial score (nSPS) is 14.6. The number of halogens is 1. The molecule has 0 radical (unpaired) electrons. The minimum atomic E-state index is 0. The van der Waals surface area contributed by atoms with Crippen LogP contribution in [-0.4, -0.2) is 46.5 Å². The summed E-state index contributed by atoms with van der Waals surface area (Å²) in [7, 11) is 0. The average Bonchev–Trinajstić information content (AvgIpc) is 3.04. The second-order valence-corrected chi connectivity index (χ2v) is 6.90. The van der Waals surface area contributed by atoms with Gasteiger partial charge < -0.3 is 9.80 Å². The van der Waals surface area contributed by atoms with E-state index in [1.807, 2.05) is 17.3 Å². The number of carbonyl (C=O) groups is 1. The van der Waals surface area contributed by atoms with Crippen molar-refractivity contribution in [3.63, 3.8) is 0 Å². The minimum Gasteiger partial charge on any atom is -0.339 e. The zero-order valence-electron chi connectivity index (χ0n) is 15.2. The van der Waals surface area contributed by atoms with Crippen LogP contribution in [0.5, 0.6) is 0 Å². The Labute approximate surface area is 156 Å². The Morgan fingerprint density at radius 3 is 2.36 bits per heavy atom. The van der Waals surface area contributed by atoms with Crippen LogP contribution in [0.25, 0.3) is 5.69 Å². The molecule has 1 aromatic heterocycles. The van der Waals surface area contributed by atoms with Crippen LogP contribution in [-0.2, 0) is 4.79 Å². The van der Waals surface area contributed by atoms with E-state index in [-0.39, 0.29) is 18.3 Å². The van der Waals surface area contributed by atoms with Crippen molar-refractivity contribution < 1.29 is 4.79 Å². The molecule has 1 aliphatic rings. The lowest BCUT2D eigenvalue weighted by atomic mass is 10.1. The number of anilines is 1. The summed E-state index contributed by atoms with van der Waals surface area (Å²) in [6.45, 7) is 9.46. The second kappa shape index (κ2) is 8.39. The number of aromatic nitrogens is 2. The van der Waals surface area contributed by atoms with E-state index in [2.05, 4.69) is 59.5 Å². The molecule has 0 saturated carbocycles. The molecule has 6 heteroatoms. The molecule has 1 fully saturated rings. The summed E-state index contributed by atoms with van der Waals surface area (Å²) in [6.07, 6.45) is 4.47. The first-order valence-corrected chi connectivity index (χ1v) is 8.67. The summed E-state index contributed by atoms with van der Waals surface area (Å²) in [5.41, 5.74) is 2.36. The summed E-state index contributed by atoms with van der Waals surface area (Å²) in [4.78, 5) is 21.0. The molecule has 0 atom stereocenters. The molecule has 0 unspecified atom stereocenters. The van der Waals surface area contributed by atoms with Crippen LogP contribution in [0.1, 0.15) is 25.8 Å². The number of imidazole rings is 1. The van der Waals surface area contributed by atoms with E-state index in [9.17, 15) is 4.79 Å². The van der Waals surface area contributed by atoms with E-state index in [0.717, 1.165) is 37.8 Å². The second-order valence-electron chi connectivity index (χ2n) is 6.90. The minimum absolute atomic E-state index is 0. The van der Waals surface area contributed by atoms with Crippen molar-refractivity contribution in [1.29, 1.82) is 0 Å². The molecule has 1 saturated heterocycles. The number of benzene rings is 1. The van der Waals surface area contributed by atoms with E-state index in [0.29, 0.717) is 12.3 Å². The van der Waals surface area contributed by atoms with Gasteiger partial charge in [-0.1, -0.05) is 31.5 Å². The lowest BCUT2D eigenvalue weighted by Gasteiger charge is -2.35. The van der Waals surface area contributed by atoms with Gasteiger partial charge >= 0.3 is 0 Å². The first kappa shape index (κ1) is 19.3. The lowest BCUT2D eigenvalue weighted by molar-refractivity contribution is -0.132. The molecule has 1 amide bonds. The van der Waals surface area contributed by atoms with Crippen molar-refractivity contribution >= 4 is 24.3 Å². The molecule has 2 heterocycles. The van der Waals surface area contributed by atoms with Crippen LogP contribution >= 0.6 is 12.4 Å². The van der Waals surface area contributed by atoms with Gasteiger partial charge in [0, 0.05) is 50.7 Å². The van der Waals surface area contributed by atoms with E-state index in [1.54, 1.807) is 0 Å². The molecular weight excluding hydrogens is 336 g/mol. The number of nitrogens with zero attached hydrogens (tertiary/aromatic N) is 4. The van der Waals surface area contributed by atoms with Gasteiger partial charge in [0.2, 0.25) is 11.9 Å². The molecule has 5 nitrogen and oxygen atoms in total. The van der Waals surface area contributed by atoms with Crippen molar-refractivity contribution in [1.82, 2.24) is 14.5 Å². The van der Waals surface area contributed by atoms with Crippen molar-refractivity contribution in [2.24, 2.45) is 5.92 Å². The van der Waals surface area contributed by atoms with Gasteiger partial charge in [0.25, 0.3) is 0 Å². The van der Waals surface area contributed by atoms with Gasteiger partial charge in [-0.2, -0.15) is 0 Å². The zero-order valence-corrected chi connectivity index (χ0v) is 16.0. The lowest BCUT2D eigenvalue weighted by Crippen LogP contribution is -2.49. The fraction of sp³-hybridized carbons (Fsp3) is 0.474. The van der Waals surface area contributed by atoms with Crippen LogP contribution in [0.15, 0.2) is 36.7 Å². The van der Waals surface area contributed by atoms with Crippen molar-refractivity contribution in [3.05, 3.63) is 42.2 Å². The van der Waals surface area contributed by atoms with Gasteiger partial charge in [-0.25, -0.2) is 4.98 Å². The first-order valence-electron chi connectivity index (χ1n) is 8.67. The van der Waals surface area contributed by atoms with Crippen molar-refractivity contribution in [2.45, 2.75) is 27.2 Å². The Morgan fingerprint density at radius 1 is 1.12 bits per heavy atom. The highest BCUT2D eigenvalue weighted by Gasteiger charge is 2.24. The fourth-order valence-corrected chi connectivity index (χ4v) is 3.07. The number of rotatable bonds is 4. The Morgan fingerprint density at radius 2 is 1.76 bits per heavy atom. The van der Waals surface area contributed by atoms with Crippen LogP contribution in [0.4, 0.5) is 5.95 Å². The first-order chi connectivity index (χ1) is 11.5. The Hall–Kier alpha value is -2.01. The van der Waals surface area contributed by atoms with Gasteiger partial charge in [-0.15, -0.1) is 12.4 Å². The summed E-state index contributed by atoms with van der Waals surface area (Å²) in [5, 5.41) is 0. The molecule has 0 spiro atoms. The largest absolute Gasteiger partial charge is 0.339 e. The quantitative estimate of drug-likeness (QED) is 0.838. The average molecular weight is 363 g/mol. The van der Waals surface area contributed by atoms with Gasteiger partial charge in [-0.3, -0.25) is 9.36 Å². The van der Waals surface area contributed by atoms with Crippen LogP contribution in [0.2, 0.25) is 0 Å². The molecule has 1 aliphatic heterocycles. The van der Waals surface area contributed by atoms with E-state index >= 15 is 0 Å². The molecular formula is C19H27ClN4O. The molecule has 136 valence electrons. The maximum Gasteiger partial charge on any atom is 0.222 e. The van der Waals surface area contributed by atoms with Crippen molar-refractivity contribution in [3.8, 4) is 5.69 Å². The maximum atomic E-state index is 12.2. The third-order valence-corrected chi connectivity index (χ3v) is 4.43. The van der Waals surface area contributed by atoms with Crippen LogP contribution in [0.3, 0.4) is 0 Å². The van der Waals surface area contributed by atoms with Crippen molar-refractivity contribution in [2.75, 3.05) is 31.1 Å². The Kier molecular flexibility index (Phi) is 6.48. The number of hydrogen-bond donors (Lipinski definition) is 0. The monoisotopic (exact) mass is 362 g/mol. The summed E-state index contributed by atoms with van der Waals surface area (Å²) in [6, 6.07) is 8.45. The molecule has 3 rings (SSSR count). The maximum absolute atomic E-state index is 12.2. The van der Waals surface area contributed by atoms with E-state index in [1.165, 1.54) is 5.56 Å². The van der Waals surface area contributed by atoms with Gasteiger partial charge in [0.05, 0.1) is 0 Å². The van der Waals surface area contributed by atoms with E-state index < -0.39 is 0 Å². The topological polar surface area (TPSA) is 41.4 Å². The SMILES string of the molecule is Cc1ccc(-n2ccnc2N2CCN(C(=O)CC(C)C)CC2)cc1.Cl. The standard InChI is InChI=1S/C19H26N4O.ClH/c1-15(2)14-18(24)21-10-12-22(13-11-21)19-20-8-9-23(19)17-6-4-16(3)5-7-17;/h4-9,15H,10-14H2,1-3H3;1H. The third-order valence-electron chi connectivity index (χ3n) is 4.43. The number of hydrogen-bond acceptors (Lipinski definition) is 3. The zero-order chi connectivity index (χ0) is 17.1. The number of carbonyl (C=O) groups excluding carboxylic acids is 1. The Bertz CT molecular complexity index is 688. The smallest absolute Gasteiger partial charge is 0.222 e. The predicted octanol–water partition coefficient (Wildman–Crippen LogP) is 3.30. The van der Waals surface area contributed by atoms with Crippen LogP contribution in [0, 0.1) is 12.8 Å². The summed E-state index contributed by atoms with van der Waals surface area (Å²) >= 11 is 0. The Balaban J connectivity index is 0.00000225. The highest BCUT2D eigenvalue weighted by atomic mass is 35.5. The molecule has 1 aromatic carbocycles. The molecule has 0 N–H and O–H groups in total. The predicted molar refractivity (Wildman–Crippen MR) is 104 cm³/mol. The fourth-order valence-electron chi connectivity index (χ4n) is 3.07. The molecule has 25 heavy (non-hydrogen) atoms. The van der Waals surface area contributed by atoms with E-state index in [4.69, 9.17) is 0 Å². The highest BCUT2D eigenvalue weighted by Crippen LogP contribution is 2.20. The molecule has 0 bridgehead atoms. The van der Waals surface area contributed by atoms with Gasteiger partial charge in [-0.05, 0) is 25.0 Å². The number of amides is 1. The third kappa shape index (κ3) is 4.54.